The van der Waals surface area contributed by atoms with Crippen molar-refractivity contribution in [1.29, 1.82) is 0 Å². The van der Waals surface area contributed by atoms with Crippen LogP contribution >= 0.6 is 0 Å². The SMILES string of the molecule is COc1ccc2c3c(c4c(c2c1)OC(c1ccc(CC2CCOCC2)cc1)(c1ccc(-c2ccccc2)cc1)C=C4)C(C)(C)c1ccccc1-3. The maximum absolute atomic E-state index is 7.60. The standard InChI is InChI=1S/C47H42O3/c1-46(2)42-12-8-7-11-39(42)43-38-22-21-37(48-3)30-41(38)45-40(44(43)46)23-26-47(50-45,36-19-15-34(16-20-36)33-9-5-4-6-10-33)35-17-13-31(14-18-35)29-32-24-27-49-28-25-32/h4-23,26,30,32H,24-25,27-29H2,1-3H3. The van der Waals surface area contributed by atoms with Gasteiger partial charge in [0.05, 0.1) is 7.11 Å². The van der Waals surface area contributed by atoms with E-state index in [0.29, 0.717) is 5.92 Å². The Hall–Kier alpha value is -5.12. The van der Waals surface area contributed by atoms with Crippen LogP contribution in [0.1, 0.15) is 60.1 Å². The molecule has 1 aliphatic carbocycles. The minimum Gasteiger partial charge on any atom is -0.497 e. The average molecular weight is 655 g/mol. The zero-order valence-corrected chi connectivity index (χ0v) is 29.0. The molecule has 0 saturated carbocycles. The Morgan fingerprint density at radius 1 is 0.720 bits per heavy atom. The summed E-state index contributed by atoms with van der Waals surface area (Å²) < 4.78 is 19.0. The van der Waals surface area contributed by atoms with Crippen molar-refractivity contribution < 1.29 is 14.2 Å². The number of ether oxygens (including phenoxy) is 3. The first-order chi connectivity index (χ1) is 24.5. The van der Waals surface area contributed by atoms with Gasteiger partial charge in [-0.3, -0.25) is 0 Å². The topological polar surface area (TPSA) is 27.7 Å². The van der Waals surface area contributed by atoms with E-state index in [4.69, 9.17) is 14.2 Å². The van der Waals surface area contributed by atoms with Crippen LogP contribution in [0.15, 0.2) is 127 Å². The molecule has 1 unspecified atom stereocenters. The second kappa shape index (κ2) is 12.0. The van der Waals surface area contributed by atoms with E-state index < -0.39 is 5.60 Å². The van der Waals surface area contributed by atoms with Gasteiger partial charge < -0.3 is 14.2 Å². The van der Waals surface area contributed by atoms with E-state index in [1.54, 1.807) is 7.11 Å². The summed E-state index contributed by atoms with van der Waals surface area (Å²) in [7, 11) is 1.74. The van der Waals surface area contributed by atoms with Crippen LogP contribution in [0.25, 0.3) is 39.1 Å². The first-order valence-electron chi connectivity index (χ1n) is 18.0. The number of hydrogen-bond donors (Lipinski definition) is 0. The Labute approximate surface area is 295 Å². The Morgan fingerprint density at radius 3 is 2.14 bits per heavy atom. The molecule has 1 saturated heterocycles. The molecule has 3 nitrogen and oxygen atoms in total. The third-order valence-electron chi connectivity index (χ3n) is 11.4. The van der Waals surface area contributed by atoms with Gasteiger partial charge in [0.2, 0.25) is 0 Å². The lowest BCUT2D eigenvalue weighted by atomic mass is 9.76. The number of hydrogen-bond acceptors (Lipinski definition) is 3. The third kappa shape index (κ3) is 4.90. The quantitative estimate of drug-likeness (QED) is 0.179. The monoisotopic (exact) mass is 654 g/mol. The van der Waals surface area contributed by atoms with Crippen molar-refractivity contribution in [3.05, 3.63) is 161 Å². The molecule has 6 aromatic carbocycles. The maximum Gasteiger partial charge on any atom is 0.178 e. The predicted octanol–water partition coefficient (Wildman–Crippen LogP) is 11.1. The summed E-state index contributed by atoms with van der Waals surface area (Å²) in [4.78, 5) is 0. The van der Waals surface area contributed by atoms with E-state index in [0.717, 1.165) is 66.1 Å². The summed E-state index contributed by atoms with van der Waals surface area (Å²) in [6.07, 6.45) is 7.97. The van der Waals surface area contributed by atoms with Crippen LogP contribution in [0.3, 0.4) is 0 Å². The predicted molar refractivity (Wildman–Crippen MR) is 204 cm³/mol. The van der Waals surface area contributed by atoms with E-state index in [9.17, 15) is 0 Å². The lowest BCUT2D eigenvalue weighted by molar-refractivity contribution is 0.0665. The van der Waals surface area contributed by atoms with Gasteiger partial charge in [0.15, 0.2) is 5.60 Å². The number of fused-ring (bicyclic) bond motifs is 8. The van der Waals surface area contributed by atoms with Crippen molar-refractivity contribution in [2.24, 2.45) is 5.92 Å². The van der Waals surface area contributed by atoms with Crippen molar-refractivity contribution in [2.45, 2.75) is 44.1 Å². The van der Waals surface area contributed by atoms with Crippen LogP contribution < -0.4 is 9.47 Å². The summed E-state index contributed by atoms with van der Waals surface area (Å²) in [5.74, 6) is 2.39. The van der Waals surface area contributed by atoms with Gasteiger partial charge in [0, 0.05) is 40.7 Å². The van der Waals surface area contributed by atoms with Crippen LogP contribution in [0, 0.1) is 5.92 Å². The molecule has 3 aliphatic rings. The van der Waals surface area contributed by atoms with Crippen LogP contribution in [-0.2, 0) is 22.2 Å². The van der Waals surface area contributed by atoms with Gasteiger partial charge in [0.25, 0.3) is 0 Å². The van der Waals surface area contributed by atoms with Gasteiger partial charge >= 0.3 is 0 Å². The fourth-order valence-corrected chi connectivity index (χ4v) is 8.75. The molecule has 3 heteroatoms. The van der Waals surface area contributed by atoms with Gasteiger partial charge in [-0.15, -0.1) is 0 Å². The molecule has 0 N–H and O–H groups in total. The van der Waals surface area contributed by atoms with E-state index in [1.165, 1.54) is 44.3 Å². The summed E-state index contributed by atoms with van der Waals surface area (Å²) in [6.45, 7) is 6.44. The Morgan fingerprint density at radius 2 is 1.40 bits per heavy atom. The number of rotatable bonds is 6. The maximum atomic E-state index is 7.60. The van der Waals surface area contributed by atoms with Crippen molar-refractivity contribution in [3.63, 3.8) is 0 Å². The number of methoxy groups -OCH3 is 1. The molecule has 6 aromatic rings. The van der Waals surface area contributed by atoms with Crippen molar-refractivity contribution in [1.82, 2.24) is 0 Å². The summed E-state index contributed by atoms with van der Waals surface area (Å²) in [5, 5.41) is 2.25. The van der Waals surface area contributed by atoms with Crippen LogP contribution in [0.4, 0.5) is 0 Å². The highest BCUT2D eigenvalue weighted by Crippen LogP contribution is 2.58. The second-order valence-electron chi connectivity index (χ2n) is 14.6. The molecule has 50 heavy (non-hydrogen) atoms. The normalized spacial score (nSPS) is 19.0. The highest BCUT2D eigenvalue weighted by Gasteiger charge is 2.44. The van der Waals surface area contributed by atoms with Crippen molar-refractivity contribution in [3.8, 4) is 33.8 Å². The van der Waals surface area contributed by atoms with E-state index >= 15 is 0 Å². The Bertz CT molecular complexity index is 2240. The molecule has 0 bridgehead atoms. The molecule has 0 aromatic heterocycles. The molecule has 248 valence electrons. The second-order valence-corrected chi connectivity index (χ2v) is 14.6. The fourth-order valence-electron chi connectivity index (χ4n) is 8.75. The van der Waals surface area contributed by atoms with Gasteiger partial charge in [-0.1, -0.05) is 123 Å². The largest absolute Gasteiger partial charge is 0.497 e. The fraction of sp³-hybridized carbons (Fsp3) is 0.234. The van der Waals surface area contributed by atoms with Crippen molar-refractivity contribution in [2.75, 3.05) is 20.3 Å². The van der Waals surface area contributed by atoms with Gasteiger partial charge in [0.1, 0.15) is 11.5 Å². The summed E-state index contributed by atoms with van der Waals surface area (Å²) >= 11 is 0. The third-order valence-corrected chi connectivity index (χ3v) is 11.4. The molecule has 0 spiro atoms. The smallest absolute Gasteiger partial charge is 0.178 e. The van der Waals surface area contributed by atoms with E-state index in [2.05, 4.69) is 147 Å². The van der Waals surface area contributed by atoms with E-state index in [1.807, 2.05) is 0 Å². The zero-order valence-electron chi connectivity index (χ0n) is 29.0. The van der Waals surface area contributed by atoms with Crippen LogP contribution in [0.5, 0.6) is 11.5 Å². The van der Waals surface area contributed by atoms with Crippen LogP contribution in [0.2, 0.25) is 0 Å². The lowest BCUT2D eigenvalue weighted by Gasteiger charge is -2.38. The molecule has 1 fully saturated rings. The minimum atomic E-state index is -0.834. The van der Waals surface area contributed by atoms with Gasteiger partial charge in [-0.2, -0.15) is 0 Å². The summed E-state index contributed by atoms with van der Waals surface area (Å²) in [5.41, 5.74) is 11.3. The lowest BCUT2D eigenvalue weighted by Crippen LogP contribution is -2.35. The Balaban J connectivity index is 1.23. The van der Waals surface area contributed by atoms with Gasteiger partial charge in [-0.25, -0.2) is 0 Å². The molecule has 9 rings (SSSR count). The van der Waals surface area contributed by atoms with Gasteiger partial charge in [-0.05, 0) is 93.8 Å². The molecule has 1 atom stereocenters. The van der Waals surface area contributed by atoms with Crippen molar-refractivity contribution >= 4 is 16.8 Å². The first-order valence-corrected chi connectivity index (χ1v) is 18.0. The zero-order chi connectivity index (χ0) is 33.9. The van der Waals surface area contributed by atoms with Crippen LogP contribution in [-0.4, -0.2) is 20.3 Å². The highest BCUT2D eigenvalue weighted by molar-refractivity contribution is 6.09. The average Bonchev–Trinajstić information content (AvgIpc) is 3.42. The molecule has 2 aliphatic heterocycles. The molecule has 0 amide bonds. The number of benzene rings is 6. The first kappa shape index (κ1) is 30.9. The molecule has 2 heterocycles. The summed E-state index contributed by atoms with van der Waals surface area (Å²) in [6, 6.07) is 44.0. The molecular formula is C47H42O3. The molecular weight excluding hydrogens is 613 g/mol. The minimum absolute atomic E-state index is 0.193. The Kier molecular flexibility index (Phi) is 7.44. The van der Waals surface area contributed by atoms with E-state index in [-0.39, 0.29) is 5.41 Å². The highest BCUT2D eigenvalue weighted by atomic mass is 16.5. The molecule has 0 radical (unpaired) electrons.